The average molecular weight is 281 g/mol. The van der Waals surface area contributed by atoms with Crippen LogP contribution in [0.5, 0.6) is 0 Å². The molecule has 20 heavy (non-hydrogen) atoms. The molecule has 2 unspecified atom stereocenters. The van der Waals surface area contributed by atoms with Crippen molar-refractivity contribution in [2.75, 3.05) is 32.7 Å². The van der Waals surface area contributed by atoms with Gasteiger partial charge in [0.25, 0.3) is 0 Å². The Hall–Kier alpha value is -1.10. The highest BCUT2D eigenvalue weighted by atomic mass is 16.2. The Balaban J connectivity index is 1.85. The molecule has 2 rings (SSSR count). The predicted molar refractivity (Wildman–Crippen MR) is 78.2 cm³/mol. The number of amides is 2. The molecule has 0 aromatic carbocycles. The fraction of sp³-hybridized carbons (Fsp3) is 0.867. The quantitative estimate of drug-likeness (QED) is 0.799. The van der Waals surface area contributed by atoms with Gasteiger partial charge in [-0.2, -0.15) is 0 Å². The zero-order chi connectivity index (χ0) is 14.4. The Morgan fingerprint density at radius 2 is 2.05 bits per heavy atom. The summed E-state index contributed by atoms with van der Waals surface area (Å²) in [5.41, 5.74) is 0. The van der Waals surface area contributed by atoms with Crippen LogP contribution in [0.25, 0.3) is 0 Å². The first kappa shape index (κ1) is 15.3. The molecule has 2 heterocycles. The van der Waals surface area contributed by atoms with E-state index in [2.05, 4.69) is 10.6 Å². The van der Waals surface area contributed by atoms with E-state index in [4.69, 9.17) is 0 Å². The summed E-state index contributed by atoms with van der Waals surface area (Å²) in [6, 6.07) is 0. The van der Waals surface area contributed by atoms with Gasteiger partial charge in [-0.1, -0.05) is 6.92 Å². The summed E-state index contributed by atoms with van der Waals surface area (Å²) in [6.07, 6.45) is 4.85. The number of hydrogen-bond donors (Lipinski definition) is 2. The third-order valence-electron chi connectivity index (χ3n) is 4.30. The first-order chi connectivity index (χ1) is 9.72. The van der Waals surface area contributed by atoms with Gasteiger partial charge in [0, 0.05) is 26.2 Å². The lowest BCUT2D eigenvalue weighted by Crippen LogP contribution is -2.49. The van der Waals surface area contributed by atoms with Crippen molar-refractivity contribution < 1.29 is 9.59 Å². The Labute approximate surface area is 121 Å². The van der Waals surface area contributed by atoms with E-state index in [0.717, 1.165) is 58.3 Å². The first-order valence-electron chi connectivity index (χ1n) is 7.99. The number of carbonyl (C=O) groups is 2. The summed E-state index contributed by atoms with van der Waals surface area (Å²) in [5, 5.41) is 6.24. The van der Waals surface area contributed by atoms with Crippen LogP contribution in [0, 0.1) is 11.8 Å². The third kappa shape index (κ3) is 3.95. The highest BCUT2D eigenvalue weighted by molar-refractivity contribution is 5.82. The number of nitrogens with one attached hydrogen (secondary N) is 2. The van der Waals surface area contributed by atoms with Crippen LogP contribution in [0.4, 0.5) is 0 Å². The second-order valence-corrected chi connectivity index (χ2v) is 5.96. The molecule has 2 aliphatic heterocycles. The lowest BCUT2D eigenvalue weighted by atomic mass is 9.93. The van der Waals surface area contributed by atoms with E-state index in [-0.39, 0.29) is 23.7 Å². The summed E-state index contributed by atoms with van der Waals surface area (Å²) in [7, 11) is 0. The van der Waals surface area contributed by atoms with Gasteiger partial charge in [0.2, 0.25) is 11.8 Å². The van der Waals surface area contributed by atoms with Crippen molar-refractivity contribution in [3.05, 3.63) is 0 Å². The SMILES string of the molecule is CCCNC(=O)C1CCCN(C(=O)C2CCCNC2)C1. The van der Waals surface area contributed by atoms with E-state index in [1.54, 1.807) is 0 Å². The van der Waals surface area contributed by atoms with Crippen molar-refractivity contribution in [2.24, 2.45) is 11.8 Å². The summed E-state index contributed by atoms with van der Waals surface area (Å²) in [5.74, 6) is 0.452. The average Bonchev–Trinajstić information content (AvgIpc) is 2.52. The topological polar surface area (TPSA) is 61.4 Å². The van der Waals surface area contributed by atoms with Gasteiger partial charge in [-0.3, -0.25) is 9.59 Å². The molecule has 0 aromatic heterocycles. The zero-order valence-corrected chi connectivity index (χ0v) is 12.5. The van der Waals surface area contributed by atoms with Crippen LogP contribution in [0.3, 0.4) is 0 Å². The number of hydrogen-bond acceptors (Lipinski definition) is 3. The maximum Gasteiger partial charge on any atom is 0.226 e. The zero-order valence-electron chi connectivity index (χ0n) is 12.5. The van der Waals surface area contributed by atoms with Gasteiger partial charge in [0.1, 0.15) is 0 Å². The molecule has 2 N–H and O–H groups in total. The summed E-state index contributed by atoms with van der Waals surface area (Å²) < 4.78 is 0. The van der Waals surface area contributed by atoms with Crippen LogP contribution >= 0.6 is 0 Å². The monoisotopic (exact) mass is 281 g/mol. The molecular formula is C15H27N3O2. The fourth-order valence-corrected chi connectivity index (χ4v) is 3.10. The van der Waals surface area contributed by atoms with E-state index in [1.807, 2.05) is 11.8 Å². The largest absolute Gasteiger partial charge is 0.356 e. The predicted octanol–water partition coefficient (Wildman–Crippen LogP) is 0.751. The number of likely N-dealkylation sites (tertiary alicyclic amines) is 1. The molecule has 5 nitrogen and oxygen atoms in total. The van der Waals surface area contributed by atoms with Crippen LogP contribution in [-0.4, -0.2) is 49.4 Å². The molecular weight excluding hydrogens is 254 g/mol. The Bertz CT molecular complexity index is 340. The number of rotatable bonds is 4. The summed E-state index contributed by atoms with van der Waals surface area (Å²) >= 11 is 0. The van der Waals surface area contributed by atoms with Gasteiger partial charge in [0.05, 0.1) is 11.8 Å². The van der Waals surface area contributed by atoms with Crippen molar-refractivity contribution in [3.63, 3.8) is 0 Å². The smallest absolute Gasteiger partial charge is 0.226 e. The van der Waals surface area contributed by atoms with Crippen molar-refractivity contribution in [1.82, 2.24) is 15.5 Å². The molecule has 0 aromatic rings. The third-order valence-corrected chi connectivity index (χ3v) is 4.30. The first-order valence-corrected chi connectivity index (χ1v) is 7.99. The minimum atomic E-state index is -0.0178. The Morgan fingerprint density at radius 3 is 2.75 bits per heavy atom. The summed E-state index contributed by atoms with van der Waals surface area (Å²) in [6.45, 7) is 6.01. The van der Waals surface area contributed by atoms with E-state index in [1.165, 1.54) is 0 Å². The van der Waals surface area contributed by atoms with Crippen LogP contribution in [-0.2, 0) is 9.59 Å². The van der Waals surface area contributed by atoms with Crippen LogP contribution in [0.15, 0.2) is 0 Å². The Morgan fingerprint density at radius 1 is 1.25 bits per heavy atom. The Kier molecular flexibility index (Phi) is 5.83. The molecule has 2 atom stereocenters. The van der Waals surface area contributed by atoms with Crippen molar-refractivity contribution in [2.45, 2.75) is 39.0 Å². The van der Waals surface area contributed by atoms with Gasteiger partial charge in [-0.15, -0.1) is 0 Å². The fourth-order valence-electron chi connectivity index (χ4n) is 3.10. The molecule has 0 bridgehead atoms. The minimum Gasteiger partial charge on any atom is -0.356 e. The minimum absolute atomic E-state index is 0.0178. The molecule has 0 spiro atoms. The molecule has 0 aliphatic carbocycles. The van der Waals surface area contributed by atoms with Gasteiger partial charge in [0.15, 0.2) is 0 Å². The van der Waals surface area contributed by atoms with Gasteiger partial charge in [-0.25, -0.2) is 0 Å². The molecule has 2 saturated heterocycles. The van der Waals surface area contributed by atoms with Crippen molar-refractivity contribution >= 4 is 11.8 Å². The van der Waals surface area contributed by atoms with Crippen LogP contribution < -0.4 is 10.6 Å². The second-order valence-electron chi connectivity index (χ2n) is 5.96. The van der Waals surface area contributed by atoms with Gasteiger partial charge >= 0.3 is 0 Å². The van der Waals surface area contributed by atoms with Crippen molar-refractivity contribution in [1.29, 1.82) is 0 Å². The molecule has 114 valence electrons. The van der Waals surface area contributed by atoms with E-state index in [9.17, 15) is 9.59 Å². The highest BCUT2D eigenvalue weighted by Gasteiger charge is 2.32. The van der Waals surface area contributed by atoms with E-state index < -0.39 is 0 Å². The maximum atomic E-state index is 12.5. The van der Waals surface area contributed by atoms with Gasteiger partial charge < -0.3 is 15.5 Å². The van der Waals surface area contributed by atoms with Gasteiger partial charge in [-0.05, 0) is 38.6 Å². The molecule has 0 radical (unpaired) electrons. The van der Waals surface area contributed by atoms with Crippen LogP contribution in [0.2, 0.25) is 0 Å². The number of piperidine rings is 2. The summed E-state index contributed by atoms with van der Waals surface area (Å²) in [4.78, 5) is 26.4. The lowest BCUT2D eigenvalue weighted by molar-refractivity contribution is -0.139. The second kappa shape index (κ2) is 7.62. The standard InChI is InChI=1S/C15H27N3O2/c1-2-7-17-14(19)13-6-4-9-18(11-13)15(20)12-5-3-8-16-10-12/h12-13,16H,2-11H2,1H3,(H,17,19). The molecule has 2 aliphatic rings. The molecule has 5 heteroatoms. The van der Waals surface area contributed by atoms with Crippen molar-refractivity contribution in [3.8, 4) is 0 Å². The normalized spacial score (nSPS) is 27.1. The lowest BCUT2D eigenvalue weighted by Gasteiger charge is -2.35. The van der Waals surface area contributed by atoms with E-state index >= 15 is 0 Å². The maximum absolute atomic E-state index is 12.5. The number of carbonyl (C=O) groups excluding carboxylic acids is 2. The number of nitrogens with zero attached hydrogens (tertiary/aromatic N) is 1. The van der Waals surface area contributed by atoms with Crippen LogP contribution in [0.1, 0.15) is 39.0 Å². The molecule has 0 saturated carbocycles. The molecule has 2 amide bonds. The molecule has 2 fully saturated rings. The van der Waals surface area contributed by atoms with E-state index in [0.29, 0.717) is 6.54 Å². The highest BCUT2D eigenvalue weighted by Crippen LogP contribution is 2.21.